The van der Waals surface area contributed by atoms with E-state index < -0.39 is 12.1 Å². The van der Waals surface area contributed by atoms with Crippen LogP contribution in [0.1, 0.15) is 25.3 Å². The average molecular weight is 387 g/mol. The highest BCUT2D eigenvalue weighted by molar-refractivity contribution is 14.1. The van der Waals surface area contributed by atoms with Crippen LogP contribution in [0, 0.1) is 10.5 Å². The number of nitrogens with one attached hydrogen (secondary N) is 3. The Bertz CT molecular complexity index is 529. The van der Waals surface area contributed by atoms with Crippen molar-refractivity contribution >= 4 is 40.2 Å². The van der Waals surface area contributed by atoms with Crippen molar-refractivity contribution in [3.63, 3.8) is 0 Å². The molecule has 1 saturated carbocycles. The quantitative estimate of drug-likeness (QED) is 0.695. The van der Waals surface area contributed by atoms with E-state index in [0.29, 0.717) is 0 Å². The summed E-state index contributed by atoms with van der Waals surface area (Å²) in [7, 11) is 0. The molecule has 2 rings (SSSR count). The highest BCUT2D eigenvalue weighted by Gasteiger charge is 2.24. The van der Waals surface area contributed by atoms with Gasteiger partial charge >= 0.3 is 6.03 Å². The van der Waals surface area contributed by atoms with Gasteiger partial charge < -0.3 is 10.6 Å². The van der Waals surface area contributed by atoms with Crippen LogP contribution in [-0.4, -0.2) is 24.0 Å². The van der Waals surface area contributed by atoms with E-state index in [1.54, 1.807) is 6.92 Å². The maximum absolute atomic E-state index is 11.9. The molecule has 5 nitrogen and oxygen atoms in total. The lowest BCUT2D eigenvalue weighted by atomic mass is 10.2. The van der Waals surface area contributed by atoms with Gasteiger partial charge in [0.05, 0.1) is 0 Å². The molecule has 0 aromatic heterocycles. The largest absolute Gasteiger partial charge is 0.374 e. The second-order valence-corrected chi connectivity index (χ2v) is 6.23. The Morgan fingerprint density at radius 2 is 2.05 bits per heavy atom. The van der Waals surface area contributed by atoms with E-state index in [9.17, 15) is 9.59 Å². The number of hydrogen-bond acceptors (Lipinski definition) is 3. The molecule has 1 aromatic carbocycles. The van der Waals surface area contributed by atoms with Gasteiger partial charge in [0.15, 0.2) is 0 Å². The zero-order valence-corrected chi connectivity index (χ0v) is 13.7. The van der Waals surface area contributed by atoms with Gasteiger partial charge in [0.1, 0.15) is 6.04 Å². The summed E-state index contributed by atoms with van der Waals surface area (Å²) in [5.74, 6) is -0.335. The molecule has 3 N–H and O–H groups in total. The topological polar surface area (TPSA) is 70.2 Å². The summed E-state index contributed by atoms with van der Waals surface area (Å²) >= 11 is 2.25. The van der Waals surface area contributed by atoms with E-state index in [-0.39, 0.29) is 11.9 Å². The second kappa shape index (κ2) is 6.43. The van der Waals surface area contributed by atoms with E-state index in [1.165, 1.54) is 5.56 Å². The molecule has 6 heteroatoms. The molecule has 20 heavy (non-hydrogen) atoms. The second-order valence-electron chi connectivity index (χ2n) is 5.07. The Morgan fingerprint density at radius 1 is 1.35 bits per heavy atom. The van der Waals surface area contributed by atoms with Crippen LogP contribution in [0.5, 0.6) is 0 Å². The van der Waals surface area contributed by atoms with Gasteiger partial charge in [0.2, 0.25) is 5.91 Å². The first kappa shape index (κ1) is 15.1. The van der Waals surface area contributed by atoms with Crippen molar-refractivity contribution in [3.8, 4) is 0 Å². The van der Waals surface area contributed by atoms with Crippen molar-refractivity contribution < 1.29 is 9.59 Å². The van der Waals surface area contributed by atoms with Gasteiger partial charge in [-0.25, -0.2) is 4.79 Å². The zero-order chi connectivity index (χ0) is 14.7. The van der Waals surface area contributed by atoms with E-state index in [1.807, 2.05) is 25.1 Å². The minimum atomic E-state index is -0.474. The molecule has 0 spiro atoms. The van der Waals surface area contributed by atoms with Gasteiger partial charge in [-0.05, 0) is 67.0 Å². The van der Waals surface area contributed by atoms with Crippen molar-refractivity contribution in [3.05, 3.63) is 27.3 Å². The monoisotopic (exact) mass is 387 g/mol. The number of anilines is 1. The molecule has 1 aliphatic rings. The SMILES string of the molecule is Cc1ccc(N[C@H](C)C(=O)NC(=O)NC2CC2)cc1I. The number of imide groups is 1. The first-order chi connectivity index (χ1) is 9.45. The van der Waals surface area contributed by atoms with Gasteiger partial charge in [-0.2, -0.15) is 0 Å². The highest BCUT2D eigenvalue weighted by atomic mass is 127. The van der Waals surface area contributed by atoms with Crippen LogP contribution in [0.2, 0.25) is 0 Å². The molecule has 0 aliphatic heterocycles. The maximum Gasteiger partial charge on any atom is 0.321 e. The van der Waals surface area contributed by atoms with E-state index in [4.69, 9.17) is 0 Å². The van der Waals surface area contributed by atoms with Gasteiger partial charge in [-0.15, -0.1) is 0 Å². The molecule has 1 aliphatic carbocycles. The van der Waals surface area contributed by atoms with Crippen LogP contribution in [0.25, 0.3) is 0 Å². The summed E-state index contributed by atoms with van der Waals surface area (Å²) in [6, 6.07) is 5.25. The molecule has 0 radical (unpaired) electrons. The molecule has 3 amide bonds. The number of carbonyl (C=O) groups is 2. The maximum atomic E-state index is 11.9. The third kappa shape index (κ3) is 4.36. The number of amides is 3. The summed E-state index contributed by atoms with van der Waals surface area (Å²) in [6.07, 6.45) is 1.99. The lowest BCUT2D eigenvalue weighted by Gasteiger charge is -2.15. The Morgan fingerprint density at radius 3 is 2.65 bits per heavy atom. The Labute approximate surface area is 132 Å². The lowest BCUT2D eigenvalue weighted by molar-refractivity contribution is -0.120. The van der Waals surface area contributed by atoms with Crippen LogP contribution >= 0.6 is 22.6 Å². The predicted molar refractivity (Wildman–Crippen MR) is 86.7 cm³/mol. The van der Waals surface area contributed by atoms with Crippen molar-refractivity contribution in [2.75, 3.05) is 5.32 Å². The van der Waals surface area contributed by atoms with Crippen molar-refractivity contribution in [2.45, 2.75) is 38.8 Å². The minimum absolute atomic E-state index is 0.241. The first-order valence-corrected chi connectivity index (χ1v) is 7.67. The van der Waals surface area contributed by atoms with Gasteiger partial charge in [-0.3, -0.25) is 10.1 Å². The fourth-order valence-electron chi connectivity index (χ4n) is 1.67. The number of urea groups is 1. The predicted octanol–water partition coefficient (Wildman–Crippen LogP) is 2.39. The number of benzene rings is 1. The highest BCUT2D eigenvalue weighted by Crippen LogP contribution is 2.19. The molecule has 0 unspecified atom stereocenters. The normalized spacial score (nSPS) is 15.3. The molecule has 0 bridgehead atoms. The first-order valence-electron chi connectivity index (χ1n) is 6.60. The van der Waals surface area contributed by atoms with Gasteiger partial charge in [0.25, 0.3) is 0 Å². The number of aryl methyl sites for hydroxylation is 1. The molecular formula is C14H18IN3O2. The fourth-order valence-corrected chi connectivity index (χ4v) is 2.18. The smallest absolute Gasteiger partial charge is 0.321 e. The molecule has 1 fully saturated rings. The molecule has 1 aromatic rings. The van der Waals surface area contributed by atoms with Crippen molar-refractivity contribution in [2.24, 2.45) is 0 Å². The van der Waals surface area contributed by atoms with Gasteiger partial charge in [0, 0.05) is 15.3 Å². The minimum Gasteiger partial charge on any atom is -0.374 e. The summed E-state index contributed by atoms with van der Waals surface area (Å²) in [4.78, 5) is 23.4. The third-order valence-electron chi connectivity index (χ3n) is 3.10. The zero-order valence-electron chi connectivity index (χ0n) is 11.5. The number of hydrogen-bond donors (Lipinski definition) is 3. The van der Waals surface area contributed by atoms with Crippen LogP contribution < -0.4 is 16.0 Å². The van der Waals surface area contributed by atoms with Crippen LogP contribution in [-0.2, 0) is 4.79 Å². The molecular weight excluding hydrogens is 369 g/mol. The van der Waals surface area contributed by atoms with Crippen LogP contribution in [0.4, 0.5) is 10.5 Å². The van der Waals surface area contributed by atoms with Gasteiger partial charge in [-0.1, -0.05) is 6.07 Å². The molecule has 0 heterocycles. The summed E-state index contributed by atoms with van der Waals surface area (Å²) in [5, 5.41) is 8.15. The Kier molecular flexibility index (Phi) is 4.85. The molecule has 0 saturated heterocycles. The molecule has 1 atom stereocenters. The lowest BCUT2D eigenvalue weighted by Crippen LogP contribution is -2.46. The van der Waals surface area contributed by atoms with E-state index in [2.05, 4.69) is 38.5 Å². The summed E-state index contributed by atoms with van der Waals surface area (Å²) < 4.78 is 1.13. The van der Waals surface area contributed by atoms with Crippen molar-refractivity contribution in [1.29, 1.82) is 0 Å². The molecule has 108 valence electrons. The van der Waals surface area contributed by atoms with E-state index >= 15 is 0 Å². The average Bonchev–Trinajstić information content (AvgIpc) is 3.17. The number of carbonyl (C=O) groups excluding carboxylic acids is 2. The van der Waals surface area contributed by atoms with Crippen LogP contribution in [0.15, 0.2) is 18.2 Å². The van der Waals surface area contributed by atoms with Crippen molar-refractivity contribution in [1.82, 2.24) is 10.6 Å². The van der Waals surface area contributed by atoms with E-state index in [0.717, 1.165) is 22.1 Å². The Balaban J connectivity index is 1.86. The third-order valence-corrected chi connectivity index (χ3v) is 4.26. The van der Waals surface area contributed by atoms with Crippen LogP contribution in [0.3, 0.4) is 0 Å². The fraction of sp³-hybridized carbons (Fsp3) is 0.429. The number of halogens is 1. The summed E-state index contributed by atoms with van der Waals surface area (Å²) in [5.41, 5.74) is 2.06. The standard InChI is InChI=1S/C14H18IN3O2/c1-8-3-4-11(7-12(8)15)16-9(2)13(19)18-14(20)17-10-5-6-10/h3-4,7,9-10,16H,5-6H2,1-2H3,(H2,17,18,19,20)/t9-/m1/s1. The number of rotatable bonds is 4. The Hall–Kier alpha value is -1.31. The summed E-state index contributed by atoms with van der Waals surface area (Å²) in [6.45, 7) is 3.76.